The van der Waals surface area contributed by atoms with E-state index in [1.54, 1.807) is 7.05 Å². The molecule has 1 rings (SSSR count). The third kappa shape index (κ3) is 5.80. The van der Waals surface area contributed by atoms with Crippen molar-refractivity contribution in [2.45, 2.75) is 44.7 Å². The highest BCUT2D eigenvalue weighted by Gasteiger charge is 2.36. The van der Waals surface area contributed by atoms with Crippen molar-refractivity contribution in [2.24, 2.45) is 5.73 Å². The van der Waals surface area contributed by atoms with Crippen LogP contribution >= 0.6 is 0 Å². The van der Waals surface area contributed by atoms with Gasteiger partial charge in [-0.15, -0.1) is 0 Å². The van der Waals surface area contributed by atoms with E-state index in [1.165, 1.54) is 4.90 Å². The zero-order valence-corrected chi connectivity index (χ0v) is 14.2. The first-order valence-electron chi connectivity index (χ1n) is 8.10. The lowest BCUT2D eigenvalue weighted by Crippen LogP contribution is -2.53. The van der Waals surface area contributed by atoms with Gasteiger partial charge in [0.05, 0.1) is 19.6 Å². The zero-order valence-electron chi connectivity index (χ0n) is 14.2. The Kier molecular flexibility index (Phi) is 8.17. The highest BCUT2D eigenvalue weighted by atomic mass is 16.5. The minimum Gasteiger partial charge on any atom is -0.464 e. The number of ether oxygens (including phenoxy) is 1. The van der Waals surface area contributed by atoms with Gasteiger partial charge in [-0.2, -0.15) is 0 Å². The zero-order chi connectivity index (χ0) is 18.1. The molecular formula is C15H26N4O5. The standard InChI is InChI=1S/C15H26N4O5/c1-3-7-24-15(23)10(8-12(16)20)18-14(22)11-5-4-6-19(11)13(21)9-17-2/h10-11,17H,3-9H2,1-2H3,(H2,16,20)(H,18,22)/t10-,11?/m0/s1. The monoisotopic (exact) mass is 342 g/mol. The number of nitrogens with one attached hydrogen (secondary N) is 2. The van der Waals surface area contributed by atoms with E-state index in [0.717, 1.165) is 0 Å². The number of carbonyl (C=O) groups is 4. The fourth-order valence-corrected chi connectivity index (χ4v) is 2.56. The van der Waals surface area contributed by atoms with Crippen LogP contribution < -0.4 is 16.4 Å². The van der Waals surface area contributed by atoms with Crippen molar-refractivity contribution in [1.29, 1.82) is 0 Å². The second-order valence-electron chi connectivity index (χ2n) is 5.67. The third-order valence-corrected chi connectivity index (χ3v) is 3.66. The molecule has 3 amide bonds. The minimum atomic E-state index is -1.14. The summed E-state index contributed by atoms with van der Waals surface area (Å²) in [5.41, 5.74) is 5.13. The molecule has 24 heavy (non-hydrogen) atoms. The third-order valence-electron chi connectivity index (χ3n) is 3.66. The summed E-state index contributed by atoms with van der Waals surface area (Å²) in [6.45, 7) is 2.64. The van der Waals surface area contributed by atoms with E-state index in [4.69, 9.17) is 10.5 Å². The largest absolute Gasteiger partial charge is 0.464 e. The van der Waals surface area contributed by atoms with Crippen LogP contribution in [-0.4, -0.2) is 67.4 Å². The summed E-state index contributed by atoms with van der Waals surface area (Å²) in [4.78, 5) is 49.1. The maximum Gasteiger partial charge on any atom is 0.329 e. The van der Waals surface area contributed by atoms with Gasteiger partial charge in [-0.25, -0.2) is 4.79 Å². The van der Waals surface area contributed by atoms with Gasteiger partial charge in [-0.1, -0.05) is 6.92 Å². The van der Waals surface area contributed by atoms with Crippen LogP contribution in [0.15, 0.2) is 0 Å². The molecule has 2 atom stereocenters. The lowest BCUT2D eigenvalue weighted by molar-refractivity contribution is -0.150. The SMILES string of the molecule is CCCOC(=O)[C@H](CC(N)=O)NC(=O)C1CCCN1C(=O)CNC. The smallest absolute Gasteiger partial charge is 0.329 e. The van der Waals surface area contributed by atoms with E-state index in [9.17, 15) is 19.2 Å². The molecule has 0 saturated carbocycles. The van der Waals surface area contributed by atoms with Gasteiger partial charge in [0.2, 0.25) is 17.7 Å². The lowest BCUT2D eigenvalue weighted by atomic mass is 10.1. The minimum absolute atomic E-state index is 0.132. The predicted octanol–water partition coefficient (Wildman–Crippen LogP) is -1.49. The highest BCUT2D eigenvalue weighted by molar-refractivity contribution is 5.93. The Balaban J connectivity index is 2.73. The topological polar surface area (TPSA) is 131 Å². The molecule has 0 aliphatic carbocycles. The van der Waals surface area contributed by atoms with Crippen LogP contribution in [0, 0.1) is 0 Å². The quantitative estimate of drug-likeness (QED) is 0.438. The van der Waals surface area contributed by atoms with Crippen molar-refractivity contribution in [3.8, 4) is 0 Å². The fourth-order valence-electron chi connectivity index (χ4n) is 2.56. The average Bonchev–Trinajstić information content (AvgIpc) is 3.01. The van der Waals surface area contributed by atoms with Crippen molar-refractivity contribution in [1.82, 2.24) is 15.5 Å². The van der Waals surface area contributed by atoms with Crippen molar-refractivity contribution in [2.75, 3.05) is 26.7 Å². The molecule has 0 aromatic heterocycles. The first kappa shape index (κ1) is 19.9. The van der Waals surface area contributed by atoms with E-state index in [1.807, 2.05) is 6.92 Å². The van der Waals surface area contributed by atoms with Gasteiger partial charge in [0, 0.05) is 6.54 Å². The maximum absolute atomic E-state index is 12.4. The number of likely N-dealkylation sites (N-methyl/N-ethyl adjacent to an activating group) is 1. The van der Waals surface area contributed by atoms with Gasteiger partial charge < -0.3 is 26.0 Å². The first-order valence-corrected chi connectivity index (χ1v) is 8.10. The van der Waals surface area contributed by atoms with Gasteiger partial charge in [0.15, 0.2) is 0 Å². The van der Waals surface area contributed by atoms with Crippen LogP contribution in [-0.2, 0) is 23.9 Å². The summed E-state index contributed by atoms with van der Waals surface area (Å²) in [6, 6.07) is -1.79. The van der Waals surface area contributed by atoms with Gasteiger partial charge in [-0.05, 0) is 26.3 Å². The maximum atomic E-state index is 12.4. The summed E-state index contributed by atoms with van der Waals surface area (Å²) < 4.78 is 4.98. The number of amides is 3. The van der Waals surface area contributed by atoms with Crippen LogP contribution in [0.4, 0.5) is 0 Å². The number of nitrogens with zero attached hydrogens (tertiary/aromatic N) is 1. The molecule has 0 aromatic carbocycles. The Morgan fingerprint density at radius 2 is 2.04 bits per heavy atom. The molecular weight excluding hydrogens is 316 g/mol. The molecule has 0 radical (unpaired) electrons. The molecule has 0 bridgehead atoms. The van der Waals surface area contributed by atoms with Crippen molar-refractivity contribution >= 4 is 23.7 Å². The Labute approximate surface area is 141 Å². The van der Waals surface area contributed by atoms with E-state index in [-0.39, 0.29) is 25.5 Å². The Morgan fingerprint density at radius 3 is 2.62 bits per heavy atom. The van der Waals surface area contributed by atoms with Crippen LogP contribution in [0.2, 0.25) is 0 Å². The number of hydrogen-bond acceptors (Lipinski definition) is 6. The van der Waals surface area contributed by atoms with E-state index >= 15 is 0 Å². The van der Waals surface area contributed by atoms with Gasteiger partial charge in [-0.3, -0.25) is 14.4 Å². The molecule has 0 spiro atoms. The number of nitrogens with two attached hydrogens (primary N) is 1. The highest BCUT2D eigenvalue weighted by Crippen LogP contribution is 2.17. The molecule has 9 nitrogen and oxygen atoms in total. The number of esters is 1. The van der Waals surface area contributed by atoms with Crippen LogP contribution in [0.5, 0.6) is 0 Å². The van der Waals surface area contributed by atoms with Crippen molar-refractivity contribution < 1.29 is 23.9 Å². The molecule has 1 unspecified atom stereocenters. The van der Waals surface area contributed by atoms with Gasteiger partial charge >= 0.3 is 5.97 Å². The number of primary amides is 1. The Hall–Kier alpha value is -2.16. The summed E-state index contributed by atoms with van der Waals surface area (Å²) in [5, 5.41) is 5.25. The first-order chi connectivity index (χ1) is 11.4. The summed E-state index contributed by atoms with van der Waals surface area (Å²) in [7, 11) is 1.65. The molecule has 1 aliphatic heterocycles. The van der Waals surface area contributed by atoms with Crippen molar-refractivity contribution in [3.63, 3.8) is 0 Å². The second kappa shape index (κ2) is 9.86. The molecule has 1 heterocycles. The molecule has 1 saturated heterocycles. The predicted molar refractivity (Wildman–Crippen MR) is 85.7 cm³/mol. The number of rotatable bonds is 9. The van der Waals surface area contributed by atoms with Crippen LogP contribution in [0.3, 0.4) is 0 Å². The van der Waals surface area contributed by atoms with Gasteiger partial charge in [0.25, 0.3) is 0 Å². The van der Waals surface area contributed by atoms with E-state index in [0.29, 0.717) is 25.8 Å². The normalized spacial score (nSPS) is 18.1. The summed E-state index contributed by atoms with van der Waals surface area (Å²) in [5.74, 6) is -2.08. The molecule has 136 valence electrons. The number of carbonyl (C=O) groups excluding carboxylic acids is 4. The summed E-state index contributed by atoms with van der Waals surface area (Å²) >= 11 is 0. The molecule has 1 fully saturated rings. The molecule has 4 N–H and O–H groups in total. The number of likely N-dealkylation sites (tertiary alicyclic amines) is 1. The molecule has 0 aromatic rings. The van der Waals surface area contributed by atoms with Crippen molar-refractivity contribution in [3.05, 3.63) is 0 Å². The molecule has 1 aliphatic rings. The second-order valence-corrected chi connectivity index (χ2v) is 5.67. The van der Waals surface area contributed by atoms with E-state index < -0.39 is 29.9 Å². The van der Waals surface area contributed by atoms with Gasteiger partial charge in [0.1, 0.15) is 12.1 Å². The van der Waals surface area contributed by atoms with Crippen LogP contribution in [0.1, 0.15) is 32.6 Å². The van der Waals surface area contributed by atoms with E-state index in [2.05, 4.69) is 10.6 Å². The Morgan fingerprint density at radius 1 is 1.33 bits per heavy atom. The fraction of sp³-hybridized carbons (Fsp3) is 0.733. The summed E-state index contributed by atoms with van der Waals surface area (Å²) in [6.07, 6.45) is 1.49. The molecule has 9 heteroatoms. The number of hydrogen-bond donors (Lipinski definition) is 3. The average molecular weight is 342 g/mol. The Bertz CT molecular complexity index is 482. The van der Waals surface area contributed by atoms with Crippen LogP contribution in [0.25, 0.3) is 0 Å². The lowest BCUT2D eigenvalue weighted by Gasteiger charge is -2.25.